The molecule has 0 aliphatic carbocycles. The first-order chi connectivity index (χ1) is 12.3. The van der Waals surface area contributed by atoms with Crippen LogP contribution >= 0.6 is 0 Å². The lowest BCUT2D eigenvalue weighted by Gasteiger charge is -2.27. The number of Topliss-reactive ketones (excluding diaryl/α,β-unsaturated/α-hetero) is 1. The van der Waals surface area contributed by atoms with E-state index >= 15 is 0 Å². The van der Waals surface area contributed by atoms with E-state index in [0.717, 1.165) is 49.7 Å². The molecule has 3 rings (SSSR count). The molecule has 4 nitrogen and oxygen atoms in total. The molecule has 25 heavy (non-hydrogen) atoms. The lowest BCUT2D eigenvalue weighted by molar-refractivity contribution is -0.908. The van der Waals surface area contributed by atoms with Crippen LogP contribution in [0, 0.1) is 0 Å². The molecule has 1 aliphatic rings. The Morgan fingerprint density at radius 2 is 1.76 bits per heavy atom. The number of rotatable bonds is 7. The molecule has 0 radical (unpaired) electrons. The SMILES string of the molecule is CCOc1ccc(C(=O)[C@@H](C[NH+]2CCOCC2)c2ccccc2)cc1. The monoisotopic (exact) mass is 340 g/mol. The van der Waals surface area contributed by atoms with E-state index in [2.05, 4.69) is 12.1 Å². The van der Waals surface area contributed by atoms with Crippen LogP contribution in [0.25, 0.3) is 0 Å². The predicted octanol–water partition coefficient (Wildman–Crippen LogP) is 1.97. The van der Waals surface area contributed by atoms with Gasteiger partial charge in [-0.1, -0.05) is 30.3 Å². The van der Waals surface area contributed by atoms with E-state index in [0.29, 0.717) is 6.61 Å². The average molecular weight is 340 g/mol. The summed E-state index contributed by atoms with van der Waals surface area (Å²) in [4.78, 5) is 14.6. The highest BCUT2D eigenvalue weighted by atomic mass is 16.5. The zero-order valence-corrected chi connectivity index (χ0v) is 14.7. The van der Waals surface area contributed by atoms with Crippen molar-refractivity contribution in [2.45, 2.75) is 12.8 Å². The fourth-order valence-electron chi connectivity index (χ4n) is 3.28. The Bertz CT molecular complexity index is 663. The molecule has 1 aliphatic heterocycles. The van der Waals surface area contributed by atoms with Crippen LogP contribution in [0.2, 0.25) is 0 Å². The second-order valence-electron chi connectivity index (χ2n) is 6.35. The maximum atomic E-state index is 13.2. The van der Waals surface area contributed by atoms with Crippen molar-refractivity contribution >= 4 is 5.78 Å². The van der Waals surface area contributed by atoms with Crippen molar-refractivity contribution < 1.29 is 19.2 Å². The van der Waals surface area contributed by atoms with Gasteiger partial charge in [0.2, 0.25) is 0 Å². The molecule has 4 heteroatoms. The largest absolute Gasteiger partial charge is 0.494 e. The van der Waals surface area contributed by atoms with Gasteiger partial charge in [-0.25, -0.2) is 0 Å². The number of hydrogen-bond donors (Lipinski definition) is 1. The van der Waals surface area contributed by atoms with Crippen molar-refractivity contribution in [3.8, 4) is 5.75 Å². The minimum Gasteiger partial charge on any atom is -0.494 e. The van der Waals surface area contributed by atoms with Gasteiger partial charge in [0, 0.05) is 5.56 Å². The van der Waals surface area contributed by atoms with E-state index in [4.69, 9.17) is 9.47 Å². The number of hydrogen-bond acceptors (Lipinski definition) is 3. The molecule has 2 aromatic rings. The summed E-state index contributed by atoms with van der Waals surface area (Å²) in [7, 11) is 0. The molecule has 1 fully saturated rings. The quantitative estimate of drug-likeness (QED) is 0.784. The van der Waals surface area contributed by atoms with Crippen LogP contribution in [-0.2, 0) is 4.74 Å². The Hall–Kier alpha value is -2.17. The molecule has 1 saturated heterocycles. The van der Waals surface area contributed by atoms with E-state index in [1.165, 1.54) is 4.90 Å². The number of quaternary nitrogens is 1. The predicted molar refractivity (Wildman–Crippen MR) is 97.5 cm³/mol. The number of ketones is 1. The van der Waals surface area contributed by atoms with Crippen LogP contribution in [0.3, 0.4) is 0 Å². The number of benzene rings is 2. The lowest BCUT2D eigenvalue weighted by atomic mass is 9.90. The summed E-state index contributed by atoms with van der Waals surface area (Å²) in [6.45, 7) is 6.84. The molecule has 0 saturated carbocycles. The average Bonchev–Trinajstić information content (AvgIpc) is 2.68. The summed E-state index contributed by atoms with van der Waals surface area (Å²) >= 11 is 0. The summed E-state index contributed by atoms with van der Waals surface area (Å²) < 4.78 is 10.9. The smallest absolute Gasteiger partial charge is 0.175 e. The zero-order chi connectivity index (χ0) is 17.5. The van der Waals surface area contributed by atoms with Crippen LogP contribution in [0.1, 0.15) is 28.8 Å². The zero-order valence-electron chi connectivity index (χ0n) is 14.7. The van der Waals surface area contributed by atoms with Crippen LogP contribution in [0.5, 0.6) is 5.75 Å². The second-order valence-corrected chi connectivity index (χ2v) is 6.35. The van der Waals surface area contributed by atoms with Gasteiger partial charge in [0.25, 0.3) is 0 Å². The van der Waals surface area contributed by atoms with Gasteiger partial charge in [-0.05, 0) is 36.8 Å². The Kier molecular flexibility index (Phi) is 6.20. The van der Waals surface area contributed by atoms with E-state index in [9.17, 15) is 4.79 Å². The summed E-state index contributed by atoms with van der Waals surface area (Å²) in [6.07, 6.45) is 0. The third-order valence-electron chi connectivity index (χ3n) is 4.66. The highest BCUT2D eigenvalue weighted by Crippen LogP contribution is 2.21. The molecular formula is C21H26NO3+. The highest BCUT2D eigenvalue weighted by molar-refractivity contribution is 6.01. The van der Waals surface area contributed by atoms with Gasteiger partial charge in [-0.3, -0.25) is 4.79 Å². The normalized spacial score (nSPS) is 16.4. The van der Waals surface area contributed by atoms with Crippen molar-refractivity contribution in [2.75, 3.05) is 39.5 Å². The van der Waals surface area contributed by atoms with Gasteiger partial charge in [-0.2, -0.15) is 0 Å². The maximum Gasteiger partial charge on any atom is 0.175 e. The Morgan fingerprint density at radius 3 is 2.40 bits per heavy atom. The van der Waals surface area contributed by atoms with Crippen molar-refractivity contribution in [1.29, 1.82) is 0 Å². The summed E-state index contributed by atoms with van der Waals surface area (Å²) in [6, 6.07) is 17.6. The number of carbonyl (C=O) groups is 1. The number of ether oxygens (including phenoxy) is 2. The molecular weight excluding hydrogens is 314 g/mol. The van der Waals surface area contributed by atoms with Crippen LogP contribution in [0.15, 0.2) is 54.6 Å². The first kappa shape index (κ1) is 17.6. The summed E-state index contributed by atoms with van der Waals surface area (Å²) in [5, 5.41) is 0. The van der Waals surface area contributed by atoms with E-state index in [-0.39, 0.29) is 11.7 Å². The topological polar surface area (TPSA) is 40.0 Å². The van der Waals surface area contributed by atoms with Gasteiger partial charge in [0.1, 0.15) is 18.8 Å². The fourth-order valence-corrected chi connectivity index (χ4v) is 3.28. The third-order valence-corrected chi connectivity index (χ3v) is 4.66. The molecule has 0 spiro atoms. The van der Waals surface area contributed by atoms with Gasteiger partial charge < -0.3 is 14.4 Å². The van der Waals surface area contributed by atoms with E-state index in [1.807, 2.05) is 49.4 Å². The molecule has 2 aromatic carbocycles. The summed E-state index contributed by atoms with van der Waals surface area (Å²) in [5.41, 5.74) is 1.82. The van der Waals surface area contributed by atoms with Gasteiger partial charge in [-0.15, -0.1) is 0 Å². The fraction of sp³-hybridized carbons (Fsp3) is 0.381. The molecule has 1 heterocycles. The molecule has 1 atom stereocenters. The first-order valence-corrected chi connectivity index (χ1v) is 9.01. The molecule has 0 unspecified atom stereocenters. The maximum absolute atomic E-state index is 13.2. The van der Waals surface area contributed by atoms with E-state index in [1.54, 1.807) is 0 Å². The standard InChI is InChI=1S/C21H25NO3/c1-2-25-19-10-8-18(9-11-19)21(23)20(17-6-4-3-5-7-17)16-22-12-14-24-15-13-22/h3-11,20H,2,12-16H2,1H3/p+1/t20-/m0/s1. The van der Waals surface area contributed by atoms with E-state index < -0.39 is 0 Å². The minimum absolute atomic E-state index is 0.132. The van der Waals surface area contributed by atoms with Crippen LogP contribution in [-0.4, -0.2) is 45.2 Å². The van der Waals surface area contributed by atoms with Crippen molar-refractivity contribution in [2.24, 2.45) is 0 Å². The third kappa shape index (κ3) is 4.68. The van der Waals surface area contributed by atoms with Crippen LogP contribution in [0.4, 0.5) is 0 Å². The van der Waals surface area contributed by atoms with Crippen molar-refractivity contribution in [3.05, 3.63) is 65.7 Å². The van der Waals surface area contributed by atoms with Gasteiger partial charge in [0.05, 0.1) is 32.3 Å². The minimum atomic E-state index is -0.132. The summed E-state index contributed by atoms with van der Waals surface area (Å²) in [5.74, 6) is 0.842. The van der Waals surface area contributed by atoms with Gasteiger partial charge in [0.15, 0.2) is 5.78 Å². The first-order valence-electron chi connectivity index (χ1n) is 9.01. The van der Waals surface area contributed by atoms with Crippen molar-refractivity contribution in [3.63, 3.8) is 0 Å². The Morgan fingerprint density at radius 1 is 1.08 bits per heavy atom. The number of nitrogens with one attached hydrogen (secondary N) is 1. The molecule has 132 valence electrons. The molecule has 0 amide bonds. The highest BCUT2D eigenvalue weighted by Gasteiger charge is 2.28. The molecule has 0 bridgehead atoms. The van der Waals surface area contributed by atoms with Crippen molar-refractivity contribution in [1.82, 2.24) is 0 Å². The molecule has 1 N–H and O–H groups in total. The number of morpholine rings is 1. The van der Waals surface area contributed by atoms with Crippen LogP contribution < -0.4 is 9.64 Å². The number of carbonyl (C=O) groups excluding carboxylic acids is 1. The molecule has 0 aromatic heterocycles. The second kappa shape index (κ2) is 8.79. The van der Waals surface area contributed by atoms with Gasteiger partial charge >= 0.3 is 0 Å². The Balaban J connectivity index is 1.81. The Labute approximate surface area is 149 Å². The lowest BCUT2D eigenvalue weighted by Crippen LogP contribution is -3.14.